The minimum Gasteiger partial charge on any atom is -0.284 e. The molecule has 6 rings (SSSR count). The first-order chi connectivity index (χ1) is 24.8. The fourth-order valence-corrected chi connectivity index (χ4v) is 6.46. The smallest absolute Gasteiger partial charge is 0.284 e. The van der Waals surface area contributed by atoms with E-state index in [1.165, 1.54) is 51.4 Å². The largest absolute Gasteiger partial charge is 1.00 e. The van der Waals surface area contributed by atoms with E-state index in [-0.39, 0.29) is 62.2 Å². The summed E-state index contributed by atoms with van der Waals surface area (Å²) in [6.45, 7) is 16.7. The SMILES string of the molecule is BrCCCC1=C/C=C\C=C/C=C1.CC1=Nc2cc[c-]cc2C1(C)C.CC1=[N+](CCCC2=C/C=C\C=C/C=C2)c2ccc(C)cc2C1(C)C.O=S(=O)=O.[K+]. The molecule has 0 unspecified atom stereocenters. The molecule has 0 saturated heterocycles. The zero-order chi connectivity index (χ0) is 38.1. The Morgan fingerprint density at radius 2 is 1.28 bits per heavy atom. The van der Waals surface area contributed by atoms with Crippen molar-refractivity contribution in [3.05, 3.63) is 155 Å². The van der Waals surface area contributed by atoms with Crippen LogP contribution in [0.5, 0.6) is 0 Å². The molecular weight excluding hydrogens is 768 g/mol. The van der Waals surface area contributed by atoms with E-state index in [2.05, 4.69) is 177 Å². The number of alkyl halides is 1. The molecule has 4 aliphatic rings. The minimum absolute atomic E-state index is 0. The van der Waals surface area contributed by atoms with Gasteiger partial charge in [0.25, 0.3) is 0 Å². The van der Waals surface area contributed by atoms with E-state index in [1.54, 1.807) is 0 Å². The monoisotopic (exact) mass is 819 g/mol. The van der Waals surface area contributed by atoms with Gasteiger partial charge in [-0.05, 0) is 75.3 Å². The van der Waals surface area contributed by atoms with Gasteiger partial charge in [0.2, 0.25) is 5.69 Å². The average Bonchev–Trinajstić information content (AvgIpc) is 3.41. The summed E-state index contributed by atoms with van der Waals surface area (Å²) in [6.07, 6.45) is 34.2. The van der Waals surface area contributed by atoms with E-state index in [0.29, 0.717) is 0 Å². The van der Waals surface area contributed by atoms with Gasteiger partial charge in [-0.15, -0.1) is 24.3 Å². The minimum atomic E-state index is -3.11. The second-order valence-corrected chi connectivity index (χ2v) is 15.2. The standard InChI is InChI=1S/C23H28N.C11H13Br.C11H12N.K.O3S/c1-18-14-15-22-21(17-18)23(3,4)19(2)24(22)16-10-13-20-11-8-6-5-7-9-12-20;12-10-6-9-11-7-4-2-1-3-5-8-11;1-8-11(2,3)9-6-4-5-7-10(9)12-8;;1-4(2)3/h5-9,11-12,14-15,17H,10,13,16H2,1-4H3;1-5,7-8H,6,9-10H2;5-7H,1-3H3;;/q+1;;-1;+1;/b6-5-,7-5?,8-6?,9-7-,11-8?,12-9?,20-11?,20-12?;2-1-,3-1?,4-2?,5-3-,7-4?,8-5?,11-7?,11-8?;;;. The molecule has 2 aliphatic carbocycles. The third-order valence-corrected chi connectivity index (χ3v) is 10.3. The number of aliphatic imine (C=N–C) groups is 1. The third kappa shape index (κ3) is 14.6. The van der Waals surface area contributed by atoms with E-state index >= 15 is 0 Å². The van der Waals surface area contributed by atoms with Crippen LogP contribution in [0.1, 0.15) is 83.9 Å². The van der Waals surface area contributed by atoms with Crippen molar-refractivity contribution < 1.29 is 68.6 Å². The van der Waals surface area contributed by atoms with Gasteiger partial charge >= 0.3 is 62.0 Å². The molecule has 2 aliphatic heterocycles. The van der Waals surface area contributed by atoms with Crippen molar-refractivity contribution >= 4 is 49.3 Å². The molecule has 2 aromatic carbocycles. The number of rotatable bonds is 7. The number of fused-ring (bicyclic) bond motifs is 2. The van der Waals surface area contributed by atoms with Crippen LogP contribution < -0.4 is 51.4 Å². The van der Waals surface area contributed by atoms with Crippen LogP contribution in [0.4, 0.5) is 11.4 Å². The molecule has 0 N–H and O–H groups in total. The molecular formula is C45H53BrKN2O3S+. The van der Waals surface area contributed by atoms with Gasteiger partial charge in [0.1, 0.15) is 6.54 Å². The molecule has 0 fully saturated rings. The quantitative estimate of drug-likeness (QED) is 0.122. The summed E-state index contributed by atoms with van der Waals surface area (Å²) < 4.78 is 27.9. The van der Waals surface area contributed by atoms with Gasteiger partial charge in [0, 0.05) is 36.0 Å². The molecule has 53 heavy (non-hydrogen) atoms. The van der Waals surface area contributed by atoms with Crippen molar-refractivity contribution in [2.24, 2.45) is 4.99 Å². The average molecular weight is 821 g/mol. The van der Waals surface area contributed by atoms with E-state index in [4.69, 9.17) is 12.6 Å². The van der Waals surface area contributed by atoms with Gasteiger partial charge in [-0.3, -0.25) is 4.99 Å². The van der Waals surface area contributed by atoms with Crippen LogP contribution in [0, 0.1) is 13.0 Å². The maximum absolute atomic E-state index is 8.44. The zero-order valence-electron chi connectivity index (χ0n) is 32.7. The fraction of sp³-hybridized carbons (Fsp3) is 0.333. The van der Waals surface area contributed by atoms with Crippen molar-refractivity contribution in [3.8, 4) is 0 Å². The van der Waals surface area contributed by atoms with Gasteiger partial charge < -0.3 is 0 Å². The Labute approximate surface area is 371 Å². The molecule has 0 amide bonds. The molecule has 0 spiro atoms. The predicted octanol–water partition coefficient (Wildman–Crippen LogP) is 8.42. The van der Waals surface area contributed by atoms with Crippen LogP contribution in [-0.2, 0) is 21.4 Å². The number of hydrogen-bond acceptors (Lipinski definition) is 4. The maximum atomic E-state index is 8.44. The summed E-state index contributed by atoms with van der Waals surface area (Å²) in [5, 5.41) is 1.08. The van der Waals surface area contributed by atoms with Gasteiger partial charge in [-0.25, -0.2) is 0 Å². The number of hydrogen-bond donors (Lipinski definition) is 0. The number of benzene rings is 2. The summed E-state index contributed by atoms with van der Waals surface area (Å²) >= 11 is 3.43. The van der Waals surface area contributed by atoms with Crippen LogP contribution in [0.25, 0.3) is 0 Å². The summed E-state index contributed by atoms with van der Waals surface area (Å²) in [5.74, 6) is 0. The Morgan fingerprint density at radius 1 is 0.736 bits per heavy atom. The molecule has 0 bridgehead atoms. The van der Waals surface area contributed by atoms with Crippen LogP contribution in [0.15, 0.2) is 138 Å². The molecule has 0 aromatic heterocycles. The summed E-state index contributed by atoms with van der Waals surface area (Å²) in [7, 11) is -3.11. The van der Waals surface area contributed by atoms with E-state index < -0.39 is 10.6 Å². The van der Waals surface area contributed by atoms with Gasteiger partial charge in [0.05, 0.1) is 5.41 Å². The molecule has 0 atom stereocenters. The second kappa shape index (κ2) is 23.4. The van der Waals surface area contributed by atoms with E-state index in [9.17, 15) is 0 Å². The first-order valence-electron chi connectivity index (χ1n) is 17.8. The normalized spacial score (nSPS) is 19.0. The molecule has 5 nitrogen and oxygen atoms in total. The Bertz CT molecular complexity index is 1980. The van der Waals surface area contributed by atoms with Crippen molar-refractivity contribution in [2.45, 2.75) is 85.0 Å². The Balaban J connectivity index is 0.000000282. The second-order valence-electron chi connectivity index (χ2n) is 14.0. The molecule has 2 heterocycles. The number of halogens is 1. The van der Waals surface area contributed by atoms with E-state index in [0.717, 1.165) is 36.8 Å². The van der Waals surface area contributed by atoms with Crippen LogP contribution in [0.3, 0.4) is 0 Å². The molecule has 8 heteroatoms. The number of aryl methyl sites for hydroxylation is 1. The van der Waals surface area contributed by atoms with Crippen molar-refractivity contribution in [3.63, 3.8) is 0 Å². The third-order valence-electron chi connectivity index (χ3n) is 9.71. The van der Waals surface area contributed by atoms with Crippen LogP contribution in [0.2, 0.25) is 0 Å². The predicted molar refractivity (Wildman–Crippen MR) is 224 cm³/mol. The first-order valence-corrected chi connectivity index (χ1v) is 19.9. The number of allylic oxidation sites excluding steroid dienone is 16. The van der Waals surface area contributed by atoms with Crippen molar-refractivity contribution in [1.29, 1.82) is 0 Å². The van der Waals surface area contributed by atoms with Crippen LogP contribution >= 0.6 is 15.9 Å². The van der Waals surface area contributed by atoms with Gasteiger partial charge in [-0.2, -0.15) is 22.8 Å². The Kier molecular flexibility index (Phi) is 20.6. The van der Waals surface area contributed by atoms with Crippen molar-refractivity contribution in [2.75, 3.05) is 11.9 Å². The topological polar surface area (TPSA) is 66.6 Å². The van der Waals surface area contributed by atoms with Crippen molar-refractivity contribution in [1.82, 2.24) is 0 Å². The molecule has 0 radical (unpaired) electrons. The molecule has 2 aromatic rings. The number of nitrogens with zero attached hydrogens (tertiary/aromatic N) is 2. The molecule has 274 valence electrons. The van der Waals surface area contributed by atoms with Crippen LogP contribution in [-0.4, -0.2) is 40.5 Å². The summed E-state index contributed by atoms with van der Waals surface area (Å²) in [4.78, 5) is 4.50. The van der Waals surface area contributed by atoms with Gasteiger partial charge in [-0.1, -0.05) is 126 Å². The fourth-order valence-electron chi connectivity index (χ4n) is 6.18. The zero-order valence-corrected chi connectivity index (χ0v) is 38.2. The summed E-state index contributed by atoms with van der Waals surface area (Å²) in [6, 6.07) is 16.0. The molecule has 0 saturated carbocycles. The maximum Gasteiger partial charge on any atom is 1.00 e. The Morgan fingerprint density at radius 3 is 1.85 bits per heavy atom. The Hall–Kier alpha value is -2.56. The van der Waals surface area contributed by atoms with Gasteiger partial charge in [0.15, 0.2) is 5.71 Å². The van der Waals surface area contributed by atoms with E-state index in [1.807, 2.05) is 24.3 Å². The first kappa shape index (κ1) is 46.6. The summed E-state index contributed by atoms with van der Waals surface area (Å²) in [5.41, 5.74) is 12.3.